The summed E-state index contributed by atoms with van der Waals surface area (Å²) in [4.78, 5) is 20.5. The number of nitrogens with zero attached hydrogens (tertiary/aromatic N) is 4. The topological polar surface area (TPSA) is 69.7 Å². The molecule has 39 heavy (non-hydrogen) atoms. The molecule has 0 fully saturated rings. The molecular formula is C33H36N6. The second-order valence-corrected chi connectivity index (χ2v) is 10.8. The van der Waals surface area contributed by atoms with Crippen LogP contribution in [0.2, 0.25) is 0 Å². The summed E-state index contributed by atoms with van der Waals surface area (Å²) in [6, 6.07) is 26.1. The van der Waals surface area contributed by atoms with Crippen molar-refractivity contribution in [2.24, 2.45) is 0 Å². The Morgan fingerprint density at radius 1 is 0.897 bits per heavy atom. The molecule has 1 unspecified atom stereocenters. The van der Waals surface area contributed by atoms with Gasteiger partial charge in [0.25, 0.3) is 0 Å². The molecule has 0 saturated heterocycles. The first kappa shape index (κ1) is 25.4. The van der Waals surface area contributed by atoms with Crippen LogP contribution >= 0.6 is 0 Å². The molecule has 6 nitrogen and oxygen atoms in total. The van der Waals surface area contributed by atoms with Gasteiger partial charge in [0.15, 0.2) is 0 Å². The fraction of sp³-hybridized carbons (Fsp3) is 0.303. The maximum atomic E-state index is 4.90. The molecule has 6 heteroatoms. The number of para-hydroxylation sites is 2. The number of aromatic nitrogens is 4. The summed E-state index contributed by atoms with van der Waals surface area (Å²) in [6.07, 6.45) is 5.34. The molecule has 0 aliphatic heterocycles. The number of nitrogens with one attached hydrogen (secondary N) is 2. The number of hydrogen-bond donors (Lipinski definition) is 2. The van der Waals surface area contributed by atoms with Gasteiger partial charge in [0.2, 0.25) is 0 Å². The molecule has 2 aromatic carbocycles. The minimum absolute atomic E-state index is 0.273. The standard InChI is InChI=1S/C33H36N6/c1-23-17-24(2)36-28(18-23)20-34-19-25-12-14-26(15-13-25)21-39(22-32-37-29-9-3-4-10-30(29)38-32)31-11-5-7-27-8-6-16-35-33(27)31/h3-4,6,8-10,12-18,31,34H,5,7,11,19-22H2,1-2H3,(H,37,38). The summed E-state index contributed by atoms with van der Waals surface area (Å²) in [5.74, 6) is 1.00. The number of hydrogen-bond acceptors (Lipinski definition) is 5. The second-order valence-electron chi connectivity index (χ2n) is 10.8. The fourth-order valence-corrected chi connectivity index (χ4v) is 5.84. The van der Waals surface area contributed by atoms with Gasteiger partial charge in [0, 0.05) is 31.5 Å². The second kappa shape index (κ2) is 11.5. The number of aromatic amines is 1. The molecule has 0 spiro atoms. The van der Waals surface area contributed by atoms with Crippen molar-refractivity contribution >= 4 is 11.0 Å². The highest BCUT2D eigenvalue weighted by Crippen LogP contribution is 2.34. The SMILES string of the molecule is Cc1cc(C)nc(CNCc2ccc(CN(Cc3nc4ccccc4[nH]3)C3CCCc4cccnc43)cc2)c1. The van der Waals surface area contributed by atoms with Crippen LogP contribution in [-0.2, 0) is 32.6 Å². The lowest BCUT2D eigenvalue weighted by molar-refractivity contribution is 0.153. The molecule has 0 amide bonds. The van der Waals surface area contributed by atoms with Crippen LogP contribution in [-0.4, -0.2) is 24.8 Å². The van der Waals surface area contributed by atoms with E-state index in [-0.39, 0.29) is 6.04 Å². The molecule has 3 aromatic heterocycles. The maximum absolute atomic E-state index is 4.90. The maximum Gasteiger partial charge on any atom is 0.121 e. The van der Waals surface area contributed by atoms with E-state index in [1.807, 2.05) is 12.3 Å². The largest absolute Gasteiger partial charge is 0.341 e. The van der Waals surface area contributed by atoms with Crippen molar-refractivity contribution < 1.29 is 0 Å². The van der Waals surface area contributed by atoms with Gasteiger partial charge in [-0.1, -0.05) is 42.5 Å². The number of fused-ring (bicyclic) bond motifs is 2. The van der Waals surface area contributed by atoms with Gasteiger partial charge in [-0.2, -0.15) is 0 Å². The molecule has 1 aliphatic carbocycles. The highest BCUT2D eigenvalue weighted by Gasteiger charge is 2.28. The average Bonchev–Trinajstić information content (AvgIpc) is 3.35. The Hall–Kier alpha value is -3.87. The first-order valence-corrected chi connectivity index (χ1v) is 13.9. The molecule has 5 aromatic rings. The fourth-order valence-electron chi connectivity index (χ4n) is 5.84. The summed E-state index contributed by atoms with van der Waals surface area (Å²) in [5.41, 5.74) is 10.7. The van der Waals surface area contributed by atoms with Gasteiger partial charge in [-0.3, -0.25) is 14.9 Å². The van der Waals surface area contributed by atoms with Crippen LogP contribution in [0.15, 0.2) is 79.0 Å². The Morgan fingerprint density at radius 3 is 2.59 bits per heavy atom. The summed E-state index contributed by atoms with van der Waals surface area (Å²) >= 11 is 0. The molecule has 1 atom stereocenters. The Kier molecular flexibility index (Phi) is 7.48. The molecule has 1 aliphatic rings. The number of benzene rings is 2. The van der Waals surface area contributed by atoms with E-state index in [1.165, 1.54) is 34.4 Å². The lowest BCUT2D eigenvalue weighted by Crippen LogP contribution is -2.31. The van der Waals surface area contributed by atoms with Crippen molar-refractivity contribution in [2.45, 2.75) is 65.3 Å². The summed E-state index contributed by atoms with van der Waals surface area (Å²) in [6.45, 7) is 7.35. The van der Waals surface area contributed by atoms with E-state index in [0.29, 0.717) is 0 Å². The predicted molar refractivity (Wildman–Crippen MR) is 156 cm³/mol. The molecule has 2 N–H and O–H groups in total. The van der Waals surface area contributed by atoms with Gasteiger partial charge in [-0.25, -0.2) is 4.98 Å². The number of aryl methyl sites for hydroxylation is 3. The third-order valence-electron chi connectivity index (χ3n) is 7.59. The molecule has 0 bridgehead atoms. The Bertz CT molecular complexity index is 1500. The van der Waals surface area contributed by atoms with Crippen LogP contribution < -0.4 is 5.32 Å². The molecule has 198 valence electrons. The van der Waals surface area contributed by atoms with E-state index < -0.39 is 0 Å². The van der Waals surface area contributed by atoms with Crippen LogP contribution in [0.1, 0.15) is 64.0 Å². The molecule has 0 saturated carbocycles. The van der Waals surface area contributed by atoms with E-state index >= 15 is 0 Å². The molecule has 6 rings (SSSR count). The Balaban J connectivity index is 1.18. The van der Waals surface area contributed by atoms with E-state index in [0.717, 1.165) is 67.3 Å². The number of imidazole rings is 1. The van der Waals surface area contributed by atoms with Crippen molar-refractivity contribution in [1.29, 1.82) is 0 Å². The third kappa shape index (κ3) is 6.08. The van der Waals surface area contributed by atoms with Crippen molar-refractivity contribution in [3.05, 3.63) is 124 Å². The highest BCUT2D eigenvalue weighted by molar-refractivity contribution is 5.74. The lowest BCUT2D eigenvalue weighted by atomic mass is 9.90. The van der Waals surface area contributed by atoms with Gasteiger partial charge in [-0.15, -0.1) is 0 Å². The predicted octanol–water partition coefficient (Wildman–Crippen LogP) is 6.34. The number of rotatable bonds is 9. The minimum Gasteiger partial charge on any atom is -0.341 e. The van der Waals surface area contributed by atoms with E-state index in [9.17, 15) is 0 Å². The summed E-state index contributed by atoms with van der Waals surface area (Å²) in [7, 11) is 0. The average molecular weight is 517 g/mol. The minimum atomic E-state index is 0.273. The molecular weight excluding hydrogens is 480 g/mol. The van der Waals surface area contributed by atoms with Gasteiger partial charge >= 0.3 is 0 Å². The van der Waals surface area contributed by atoms with Crippen molar-refractivity contribution in [3.63, 3.8) is 0 Å². The summed E-state index contributed by atoms with van der Waals surface area (Å²) < 4.78 is 0. The molecule has 3 heterocycles. The third-order valence-corrected chi connectivity index (χ3v) is 7.59. The Morgan fingerprint density at radius 2 is 1.74 bits per heavy atom. The highest BCUT2D eigenvalue weighted by atomic mass is 15.2. The number of pyridine rings is 2. The first-order valence-electron chi connectivity index (χ1n) is 13.9. The zero-order valence-corrected chi connectivity index (χ0v) is 22.8. The quantitative estimate of drug-likeness (QED) is 0.239. The van der Waals surface area contributed by atoms with E-state index in [2.05, 4.69) is 101 Å². The van der Waals surface area contributed by atoms with Crippen LogP contribution in [0.4, 0.5) is 0 Å². The lowest BCUT2D eigenvalue weighted by Gasteiger charge is -2.34. The monoisotopic (exact) mass is 516 g/mol. The van der Waals surface area contributed by atoms with Crippen molar-refractivity contribution in [3.8, 4) is 0 Å². The first-order chi connectivity index (χ1) is 19.1. The van der Waals surface area contributed by atoms with Gasteiger partial charge in [0.1, 0.15) is 5.82 Å². The van der Waals surface area contributed by atoms with Crippen LogP contribution in [0, 0.1) is 13.8 Å². The van der Waals surface area contributed by atoms with Crippen LogP contribution in [0.25, 0.3) is 11.0 Å². The number of H-pyrrole nitrogens is 1. The smallest absolute Gasteiger partial charge is 0.121 e. The van der Waals surface area contributed by atoms with E-state index in [1.54, 1.807) is 0 Å². The van der Waals surface area contributed by atoms with Gasteiger partial charge in [0.05, 0.1) is 35.0 Å². The Labute approximate surface area is 230 Å². The van der Waals surface area contributed by atoms with Crippen LogP contribution in [0.3, 0.4) is 0 Å². The van der Waals surface area contributed by atoms with Gasteiger partial charge < -0.3 is 10.3 Å². The zero-order valence-electron chi connectivity index (χ0n) is 22.8. The van der Waals surface area contributed by atoms with Gasteiger partial charge in [-0.05, 0) is 85.7 Å². The van der Waals surface area contributed by atoms with Crippen molar-refractivity contribution in [2.75, 3.05) is 0 Å². The summed E-state index contributed by atoms with van der Waals surface area (Å²) in [5, 5.41) is 3.55. The normalized spacial score (nSPS) is 15.1. The van der Waals surface area contributed by atoms with Crippen molar-refractivity contribution in [1.82, 2.24) is 30.2 Å². The molecule has 0 radical (unpaired) electrons. The van der Waals surface area contributed by atoms with Crippen LogP contribution in [0.5, 0.6) is 0 Å². The zero-order chi connectivity index (χ0) is 26.6. The van der Waals surface area contributed by atoms with E-state index in [4.69, 9.17) is 9.97 Å².